The van der Waals surface area contributed by atoms with Gasteiger partial charge in [0.1, 0.15) is 5.82 Å². The largest absolute Gasteiger partial charge is 0.404 e. The molecule has 0 spiro atoms. The predicted molar refractivity (Wildman–Crippen MR) is 108 cm³/mol. The van der Waals surface area contributed by atoms with Crippen LogP contribution < -0.4 is 5.73 Å². The summed E-state index contributed by atoms with van der Waals surface area (Å²) in [6.07, 6.45) is 3.39. The van der Waals surface area contributed by atoms with E-state index in [1.54, 1.807) is 24.5 Å². The third-order valence-electron chi connectivity index (χ3n) is 4.64. The van der Waals surface area contributed by atoms with Crippen LogP contribution in [0.25, 0.3) is 44.7 Å². The second-order valence-corrected chi connectivity index (χ2v) is 6.48. The fourth-order valence-electron chi connectivity index (χ4n) is 3.21. The van der Waals surface area contributed by atoms with Crippen molar-refractivity contribution < 1.29 is 8.81 Å². The first-order chi connectivity index (χ1) is 14.2. The number of halogens is 1. The van der Waals surface area contributed by atoms with Gasteiger partial charge in [0.25, 0.3) is 5.89 Å². The highest BCUT2D eigenvalue weighted by atomic mass is 19.1. The third kappa shape index (κ3) is 3.19. The summed E-state index contributed by atoms with van der Waals surface area (Å²) >= 11 is 0. The van der Waals surface area contributed by atoms with Crippen molar-refractivity contribution in [2.45, 2.75) is 0 Å². The van der Waals surface area contributed by atoms with Crippen LogP contribution in [0.5, 0.6) is 0 Å². The maximum Gasteiger partial charge on any atom is 0.313 e. The molecule has 5 aromatic rings. The lowest BCUT2D eigenvalue weighted by Crippen LogP contribution is -1.91. The molecule has 0 amide bonds. The molecular formula is C22H14FN5O. The van der Waals surface area contributed by atoms with Crippen LogP contribution in [0.1, 0.15) is 0 Å². The van der Waals surface area contributed by atoms with Crippen molar-refractivity contribution in [3.63, 3.8) is 0 Å². The number of fused-ring (bicyclic) bond motifs is 1. The van der Waals surface area contributed by atoms with Gasteiger partial charge in [-0.05, 0) is 35.4 Å². The van der Waals surface area contributed by atoms with Crippen LogP contribution in [-0.2, 0) is 0 Å². The highest BCUT2D eigenvalue weighted by Gasteiger charge is 2.14. The van der Waals surface area contributed by atoms with Crippen LogP contribution in [0.3, 0.4) is 0 Å². The van der Waals surface area contributed by atoms with Gasteiger partial charge in [0, 0.05) is 23.3 Å². The van der Waals surface area contributed by atoms with Gasteiger partial charge in [-0.2, -0.15) is 0 Å². The van der Waals surface area contributed by atoms with Gasteiger partial charge >= 0.3 is 6.01 Å². The van der Waals surface area contributed by atoms with E-state index in [0.29, 0.717) is 11.5 Å². The second-order valence-electron chi connectivity index (χ2n) is 6.48. The maximum atomic E-state index is 13.2. The zero-order chi connectivity index (χ0) is 19.8. The maximum absolute atomic E-state index is 13.2. The lowest BCUT2D eigenvalue weighted by molar-refractivity contribution is 0.591. The van der Waals surface area contributed by atoms with Crippen molar-refractivity contribution in [1.82, 2.24) is 20.2 Å². The second kappa shape index (κ2) is 6.79. The monoisotopic (exact) mass is 383 g/mol. The zero-order valence-electron chi connectivity index (χ0n) is 15.1. The lowest BCUT2D eigenvalue weighted by atomic mass is 10.0. The third-order valence-corrected chi connectivity index (χ3v) is 4.64. The number of aromatic nitrogens is 4. The average molecular weight is 383 g/mol. The number of hydrogen-bond acceptors (Lipinski definition) is 6. The molecule has 0 atom stereocenters. The quantitative estimate of drug-likeness (QED) is 0.484. The van der Waals surface area contributed by atoms with Crippen LogP contribution >= 0.6 is 0 Å². The van der Waals surface area contributed by atoms with E-state index in [-0.39, 0.29) is 11.8 Å². The molecule has 2 aromatic carbocycles. The van der Waals surface area contributed by atoms with Crippen molar-refractivity contribution in [2.75, 3.05) is 5.73 Å². The van der Waals surface area contributed by atoms with Gasteiger partial charge in [-0.1, -0.05) is 41.5 Å². The number of hydrogen-bond donors (Lipinski definition) is 1. The van der Waals surface area contributed by atoms with E-state index in [2.05, 4.69) is 15.2 Å². The Morgan fingerprint density at radius 1 is 0.828 bits per heavy atom. The number of pyridine rings is 2. The summed E-state index contributed by atoms with van der Waals surface area (Å²) in [4.78, 5) is 8.91. The molecule has 0 fully saturated rings. The Hall–Kier alpha value is -4.13. The number of nitrogens with two attached hydrogens (primary N) is 1. The molecule has 0 unspecified atom stereocenters. The normalized spacial score (nSPS) is 11.1. The smallest absolute Gasteiger partial charge is 0.313 e. The Labute approximate surface area is 164 Å². The minimum absolute atomic E-state index is 0.000877. The molecule has 0 saturated carbocycles. The van der Waals surface area contributed by atoms with E-state index >= 15 is 0 Å². The Kier molecular flexibility index (Phi) is 3.98. The fraction of sp³-hybridized carbons (Fsp3) is 0. The average Bonchev–Trinajstić information content (AvgIpc) is 3.20. The van der Waals surface area contributed by atoms with E-state index in [9.17, 15) is 4.39 Å². The highest BCUT2D eigenvalue weighted by Crippen LogP contribution is 2.32. The zero-order valence-corrected chi connectivity index (χ0v) is 15.1. The molecule has 6 nitrogen and oxygen atoms in total. The minimum Gasteiger partial charge on any atom is -0.404 e. The Morgan fingerprint density at radius 3 is 2.21 bits per heavy atom. The topological polar surface area (TPSA) is 90.7 Å². The number of nitrogen functional groups attached to an aromatic ring is 1. The van der Waals surface area contributed by atoms with Gasteiger partial charge < -0.3 is 10.2 Å². The Bertz CT molecular complexity index is 1310. The van der Waals surface area contributed by atoms with Gasteiger partial charge in [-0.3, -0.25) is 4.98 Å². The predicted octanol–water partition coefficient (Wildman–Crippen LogP) is 4.74. The molecular weight excluding hydrogens is 369 g/mol. The number of rotatable bonds is 3. The molecule has 0 aliphatic heterocycles. The summed E-state index contributed by atoms with van der Waals surface area (Å²) in [6, 6.07) is 18.0. The number of nitrogens with zero attached hydrogens (tertiary/aromatic N) is 4. The molecule has 7 heteroatoms. The summed E-state index contributed by atoms with van der Waals surface area (Å²) in [5.41, 5.74) is 10.7. The standard InChI is InChI=1S/C22H14FN5O/c23-16-7-5-14(6-8-16)13-1-3-15(4-2-13)20-11-17(21-27-28-22(24)29-21)18-12-25-10-9-19(18)26-20/h1-12H,(H2,24,28). The molecule has 0 saturated heterocycles. The van der Waals surface area contributed by atoms with Crippen molar-refractivity contribution in [3.05, 3.63) is 78.9 Å². The van der Waals surface area contributed by atoms with Gasteiger partial charge in [-0.15, -0.1) is 5.10 Å². The van der Waals surface area contributed by atoms with Crippen LogP contribution in [-0.4, -0.2) is 20.2 Å². The van der Waals surface area contributed by atoms with Crippen LogP contribution in [0.4, 0.5) is 10.4 Å². The summed E-state index contributed by atoms with van der Waals surface area (Å²) < 4.78 is 18.6. The van der Waals surface area contributed by atoms with E-state index in [1.165, 1.54) is 12.1 Å². The molecule has 5 rings (SSSR count). The minimum atomic E-state index is -0.255. The first-order valence-corrected chi connectivity index (χ1v) is 8.88. The lowest BCUT2D eigenvalue weighted by Gasteiger charge is -2.08. The molecule has 140 valence electrons. The fourth-order valence-corrected chi connectivity index (χ4v) is 3.21. The number of benzene rings is 2. The molecule has 0 radical (unpaired) electrons. The SMILES string of the molecule is Nc1nnc(-c2cc(-c3ccc(-c4ccc(F)cc4)cc3)nc3ccncc23)o1. The van der Waals surface area contributed by atoms with Crippen molar-refractivity contribution in [1.29, 1.82) is 0 Å². The van der Waals surface area contributed by atoms with Crippen molar-refractivity contribution in [2.24, 2.45) is 0 Å². The van der Waals surface area contributed by atoms with E-state index in [0.717, 1.165) is 33.3 Å². The summed E-state index contributed by atoms with van der Waals surface area (Å²) in [6.45, 7) is 0. The highest BCUT2D eigenvalue weighted by molar-refractivity contribution is 5.94. The van der Waals surface area contributed by atoms with E-state index in [1.807, 2.05) is 36.4 Å². The van der Waals surface area contributed by atoms with Gasteiger partial charge in [0.2, 0.25) is 0 Å². The van der Waals surface area contributed by atoms with Crippen LogP contribution in [0.2, 0.25) is 0 Å². The summed E-state index contributed by atoms with van der Waals surface area (Å²) in [5.74, 6) is 0.0569. The Balaban J connectivity index is 1.60. The molecule has 3 aromatic heterocycles. The molecule has 29 heavy (non-hydrogen) atoms. The van der Waals surface area contributed by atoms with Crippen molar-refractivity contribution in [3.8, 4) is 33.8 Å². The van der Waals surface area contributed by atoms with Gasteiger partial charge in [0.05, 0.1) is 16.8 Å². The molecule has 0 bridgehead atoms. The van der Waals surface area contributed by atoms with Crippen LogP contribution in [0.15, 0.2) is 77.5 Å². The molecule has 3 heterocycles. The first kappa shape index (κ1) is 17.0. The number of anilines is 1. The summed E-state index contributed by atoms with van der Waals surface area (Å²) in [5, 5.41) is 8.55. The molecule has 0 aliphatic rings. The van der Waals surface area contributed by atoms with E-state index < -0.39 is 0 Å². The van der Waals surface area contributed by atoms with Gasteiger partial charge in [0.15, 0.2) is 0 Å². The molecule has 0 aliphatic carbocycles. The van der Waals surface area contributed by atoms with Crippen LogP contribution in [0, 0.1) is 5.82 Å². The first-order valence-electron chi connectivity index (χ1n) is 8.88. The van der Waals surface area contributed by atoms with Gasteiger partial charge in [-0.25, -0.2) is 9.37 Å². The van der Waals surface area contributed by atoms with E-state index in [4.69, 9.17) is 15.1 Å². The molecule has 2 N–H and O–H groups in total. The Morgan fingerprint density at radius 2 is 1.52 bits per heavy atom. The van der Waals surface area contributed by atoms with Crippen molar-refractivity contribution >= 4 is 16.9 Å². The summed E-state index contributed by atoms with van der Waals surface area (Å²) in [7, 11) is 0.